The smallest absolute Gasteiger partial charge is 0.416 e. The fraction of sp³-hybridized carbons (Fsp3) is 0.222. The lowest BCUT2D eigenvalue weighted by molar-refractivity contribution is -0.137. The van der Waals surface area contributed by atoms with Gasteiger partial charge in [-0.3, -0.25) is 4.79 Å². The van der Waals surface area contributed by atoms with Gasteiger partial charge in [-0.25, -0.2) is 0 Å². The number of rotatable bonds is 6. The van der Waals surface area contributed by atoms with E-state index >= 15 is 0 Å². The van der Waals surface area contributed by atoms with Crippen LogP contribution < -0.4 is 10.9 Å². The molecule has 2 aromatic heterocycles. The number of nitrogens with one attached hydrogen (secondary N) is 1. The summed E-state index contributed by atoms with van der Waals surface area (Å²) in [6.45, 7) is -0.148. The van der Waals surface area contributed by atoms with E-state index < -0.39 is 23.3 Å². The summed E-state index contributed by atoms with van der Waals surface area (Å²) < 4.78 is 44.8. The molecule has 2 heterocycles. The summed E-state index contributed by atoms with van der Waals surface area (Å²) in [6.07, 6.45) is -1.57. The summed E-state index contributed by atoms with van der Waals surface area (Å²) in [5.41, 5.74) is -1.58. The molecule has 3 rings (SSSR count). The quantitative estimate of drug-likeness (QED) is 0.637. The number of alkyl halides is 3. The lowest BCUT2D eigenvalue weighted by Crippen LogP contribution is -2.24. The van der Waals surface area contributed by atoms with E-state index in [1.807, 2.05) is 0 Å². The first-order chi connectivity index (χ1) is 13.3. The SMILES string of the molecule is O=c1c(Cl)c(NC(CCO)c2ccco2)cnn1-c1cccc(C(F)(F)F)c1. The van der Waals surface area contributed by atoms with Crippen molar-refractivity contribution in [3.8, 4) is 5.69 Å². The number of hydrogen-bond donors (Lipinski definition) is 2. The van der Waals surface area contributed by atoms with Gasteiger partial charge in [0.15, 0.2) is 0 Å². The molecule has 0 aliphatic rings. The number of aliphatic hydroxyl groups excluding tert-OH is 1. The van der Waals surface area contributed by atoms with Crippen molar-refractivity contribution in [2.24, 2.45) is 0 Å². The third kappa shape index (κ3) is 4.20. The van der Waals surface area contributed by atoms with E-state index in [0.29, 0.717) is 5.76 Å². The van der Waals surface area contributed by atoms with Crippen LogP contribution >= 0.6 is 11.6 Å². The molecule has 1 aromatic carbocycles. The number of aromatic nitrogens is 2. The summed E-state index contributed by atoms with van der Waals surface area (Å²) in [5.74, 6) is 0.521. The minimum Gasteiger partial charge on any atom is -0.467 e. The molecular formula is C18H15ClF3N3O3. The van der Waals surface area contributed by atoms with Crippen LogP contribution in [0.15, 0.2) is 58.1 Å². The third-order valence-corrected chi connectivity index (χ3v) is 4.34. The molecule has 0 aliphatic carbocycles. The monoisotopic (exact) mass is 413 g/mol. The molecule has 0 saturated heterocycles. The van der Waals surface area contributed by atoms with Crippen LogP contribution in [-0.4, -0.2) is 21.5 Å². The average molecular weight is 414 g/mol. The van der Waals surface area contributed by atoms with Gasteiger partial charge in [0.05, 0.1) is 35.4 Å². The second-order valence-electron chi connectivity index (χ2n) is 5.86. The Morgan fingerprint density at radius 3 is 2.71 bits per heavy atom. The molecular weight excluding hydrogens is 399 g/mol. The van der Waals surface area contributed by atoms with Crippen molar-refractivity contribution in [2.45, 2.75) is 18.6 Å². The first-order valence-electron chi connectivity index (χ1n) is 8.17. The van der Waals surface area contributed by atoms with Crippen molar-refractivity contribution in [1.29, 1.82) is 0 Å². The summed E-state index contributed by atoms with van der Waals surface area (Å²) in [7, 11) is 0. The molecule has 0 saturated carbocycles. The lowest BCUT2D eigenvalue weighted by Gasteiger charge is -2.18. The standard InChI is InChI=1S/C18H15ClF3N3O3/c19-16-14(24-13(6-7-26)15-5-2-8-28-15)10-23-25(17(16)27)12-4-1-3-11(9-12)18(20,21)22/h1-5,8-10,13,24,26H,6-7H2. The fourth-order valence-electron chi connectivity index (χ4n) is 2.62. The molecule has 0 amide bonds. The molecule has 1 atom stereocenters. The molecule has 6 nitrogen and oxygen atoms in total. The molecule has 28 heavy (non-hydrogen) atoms. The zero-order valence-electron chi connectivity index (χ0n) is 14.3. The Morgan fingerprint density at radius 1 is 1.29 bits per heavy atom. The Kier molecular flexibility index (Phi) is 5.76. The topological polar surface area (TPSA) is 80.3 Å². The predicted octanol–water partition coefficient (Wildman–Crippen LogP) is 4.03. The van der Waals surface area contributed by atoms with Crippen LogP contribution in [0.25, 0.3) is 5.69 Å². The Bertz CT molecular complexity index is 1000. The third-order valence-electron chi connectivity index (χ3n) is 3.97. The average Bonchev–Trinajstić information content (AvgIpc) is 3.19. The maximum atomic E-state index is 12.9. The van der Waals surface area contributed by atoms with E-state index in [1.165, 1.54) is 24.6 Å². The summed E-state index contributed by atoms with van der Waals surface area (Å²) >= 11 is 6.13. The first kappa shape index (κ1) is 20.0. The van der Waals surface area contributed by atoms with Crippen LogP contribution in [0.5, 0.6) is 0 Å². The zero-order chi connectivity index (χ0) is 20.3. The number of halogens is 4. The fourth-order valence-corrected chi connectivity index (χ4v) is 2.81. The van der Waals surface area contributed by atoms with E-state index in [9.17, 15) is 23.1 Å². The van der Waals surface area contributed by atoms with Crippen molar-refractivity contribution >= 4 is 17.3 Å². The van der Waals surface area contributed by atoms with Gasteiger partial charge in [0.1, 0.15) is 10.8 Å². The summed E-state index contributed by atoms with van der Waals surface area (Å²) in [6, 6.07) is 7.11. The van der Waals surface area contributed by atoms with E-state index in [2.05, 4.69) is 10.4 Å². The minimum absolute atomic E-state index is 0.0637. The highest BCUT2D eigenvalue weighted by Crippen LogP contribution is 2.30. The molecule has 0 aliphatic heterocycles. The van der Waals surface area contributed by atoms with Gasteiger partial charge in [0, 0.05) is 6.61 Å². The van der Waals surface area contributed by atoms with Crippen LogP contribution in [0.4, 0.5) is 18.9 Å². The van der Waals surface area contributed by atoms with Gasteiger partial charge < -0.3 is 14.8 Å². The molecule has 0 radical (unpaired) electrons. The Labute approximate surface area is 162 Å². The molecule has 148 valence electrons. The largest absolute Gasteiger partial charge is 0.467 e. The van der Waals surface area contributed by atoms with Crippen LogP contribution in [0.2, 0.25) is 5.02 Å². The second kappa shape index (κ2) is 8.07. The molecule has 3 aromatic rings. The van der Waals surface area contributed by atoms with Crippen molar-refractivity contribution in [3.63, 3.8) is 0 Å². The number of anilines is 1. The lowest BCUT2D eigenvalue weighted by atomic mass is 10.1. The first-order valence-corrected chi connectivity index (χ1v) is 8.55. The highest BCUT2D eigenvalue weighted by Gasteiger charge is 2.30. The van der Waals surface area contributed by atoms with Gasteiger partial charge in [-0.2, -0.15) is 23.0 Å². The summed E-state index contributed by atoms with van der Waals surface area (Å²) in [5, 5.41) is 15.9. The van der Waals surface area contributed by atoms with Crippen molar-refractivity contribution in [3.05, 3.63) is 75.6 Å². The van der Waals surface area contributed by atoms with Gasteiger partial charge in [-0.1, -0.05) is 17.7 Å². The number of furan rings is 1. The molecule has 0 fully saturated rings. The van der Waals surface area contributed by atoms with Crippen molar-refractivity contribution in [2.75, 3.05) is 11.9 Å². The van der Waals surface area contributed by atoms with Crippen LogP contribution in [0.3, 0.4) is 0 Å². The molecule has 2 N–H and O–H groups in total. The molecule has 0 spiro atoms. The minimum atomic E-state index is -4.55. The maximum absolute atomic E-state index is 12.9. The number of aliphatic hydroxyl groups is 1. The zero-order valence-corrected chi connectivity index (χ0v) is 15.0. The van der Waals surface area contributed by atoms with Crippen molar-refractivity contribution in [1.82, 2.24) is 9.78 Å². The van der Waals surface area contributed by atoms with Gasteiger partial charge in [0.2, 0.25) is 0 Å². The van der Waals surface area contributed by atoms with E-state index in [1.54, 1.807) is 12.1 Å². The van der Waals surface area contributed by atoms with E-state index in [4.69, 9.17) is 16.0 Å². The van der Waals surface area contributed by atoms with E-state index in [-0.39, 0.29) is 29.4 Å². The number of hydrogen-bond acceptors (Lipinski definition) is 5. The highest BCUT2D eigenvalue weighted by molar-refractivity contribution is 6.33. The van der Waals surface area contributed by atoms with Crippen LogP contribution in [0, 0.1) is 0 Å². The van der Waals surface area contributed by atoms with Gasteiger partial charge in [0.25, 0.3) is 5.56 Å². The number of nitrogens with zero attached hydrogens (tertiary/aromatic N) is 2. The number of benzene rings is 1. The van der Waals surface area contributed by atoms with Crippen LogP contribution in [-0.2, 0) is 6.18 Å². The molecule has 0 bridgehead atoms. The predicted molar refractivity (Wildman–Crippen MR) is 96.6 cm³/mol. The van der Waals surface area contributed by atoms with Crippen molar-refractivity contribution < 1.29 is 22.7 Å². The van der Waals surface area contributed by atoms with Gasteiger partial charge in [-0.15, -0.1) is 0 Å². The normalized spacial score (nSPS) is 12.8. The maximum Gasteiger partial charge on any atom is 0.416 e. The second-order valence-corrected chi connectivity index (χ2v) is 6.24. The van der Waals surface area contributed by atoms with Gasteiger partial charge in [-0.05, 0) is 36.8 Å². The highest BCUT2D eigenvalue weighted by atomic mass is 35.5. The molecule has 10 heteroatoms. The Morgan fingerprint density at radius 2 is 2.07 bits per heavy atom. The molecule has 1 unspecified atom stereocenters. The Balaban J connectivity index is 1.95. The van der Waals surface area contributed by atoms with E-state index in [0.717, 1.165) is 16.8 Å². The van der Waals surface area contributed by atoms with Crippen LogP contribution in [0.1, 0.15) is 23.8 Å². The summed E-state index contributed by atoms with van der Waals surface area (Å²) in [4.78, 5) is 12.6. The Hall–Kier alpha value is -2.78. The van der Waals surface area contributed by atoms with Gasteiger partial charge >= 0.3 is 6.18 Å².